The van der Waals surface area contributed by atoms with Crippen LogP contribution in [0.2, 0.25) is 0 Å². The van der Waals surface area contributed by atoms with E-state index in [-0.39, 0.29) is 5.91 Å². The van der Waals surface area contributed by atoms with Crippen LogP contribution in [0.4, 0.5) is 5.69 Å². The fourth-order valence-electron chi connectivity index (χ4n) is 1.66. The molecular formula is C13H17N3O. The highest BCUT2D eigenvalue weighted by Gasteiger charge is 2.05. The SMILES string of the molecule is CC(C)CCC(=O)Nc1ccc2[nH]ncc2c1. The van der Waals surface area contributed by atoms with E-state index in [0.29, 0.717) is 12.3 Å². The molecule has 4 heteroatoms. The van der Waals surface area contributed by atoms with Gasteiger partial charge in [0.25, 0.3) is 0 Å². The average Bonchev–Trinajstić information content (AvgIpc) is 2.73. The Morgan fingerprint density at radius 3 is 3.06 bits per heavy atom. The van der Waals surface area contributed by atoms with E-state index in [0.717, 1.165) is 23.0 Å². The van der Waals surface area contributed by atoms with Crippen LogP contribution in [0, 0.1) is 5.92 Å². The lowest BCUT2D eigenvalue weighted by Crippen LogP contribution is -2.11. The molecule has 0 radical (unpaired) electrons. The van der Waals surface area contributed by atoms with E-state index in [1.807, 2.05) is 18.2 Å². The normalized spacial score (nSPS) is 11.0. The molecule has 0 aliphatic heterocycles. The molecule has 17 heavy (non-hydrogen) atoms. The summed E-state index contributed by atoms with van der Waals surface area (Å²) in [6.07, 6.45) is 3.24. The van der Waals surface area contributed by atoms with E-state index in [4.69, 9.17) is 0 Å². The second-order valence-electron chi connectivity index (χ2n) is 4.65. The molecule has 1 amide bonds. The van der Waals surface area contributed by atoms with Crippen LogP contribution in [-0.4, -0.2) is 16.1 Å². The van der Waals surface area contributed by atoms with Crippen LogP contribution < -0.4 is 5.32 Å². The summed E-state index contributed by atoms with van der Waals surface area (Å²) in [6, 6.07) is 5.72. The first kappa shape index (κ1) is 11.6. The topological polar surface area (TPSA) is 57.8 Å². The third kappa shape index (κ3) is 3.06. The lowest BCUT2D eigenvalue weighted by molar-refractivity contribution is -0.116. The first-order chi connectivity index (χ1) is 8.15. The van der Waals surface area contributed by atoms with Gasteiger partial charge in [-0.05, 0) is 30.5 Å². The number of nitrogens with zero attached hydrogens (tertiary/aromatic N) is 1. The monoisotopic (exact) mass is 231 g/mol. The Morgan fingerprint density at radius 1 is 1.47 bits per heavy atom. The lowest BCUT2D eigenvalue weighted by atomic mass is 10.1. The summed E-state index contributed by atoms with van der Waals surface area (Å²) in [5.41, 5.74) is 1.80. The zero-order chi connectivity index (χ0) is 12.3. The predicted molar refractivity (Wildman–Crippen MR) is 68.8 cm³/mol. The van der Waals surface area contributed by atoms with E-state index in [9.17, 15) is 4.79 Å². The fourth-order valence-corrected chi connectivity index (χ4v) is 1.66. The van der Waals surface area contributed by atoms with Gasteiger partial charge in [-0.2, -0.15) is 5.10 Å². The molecule has 0 saturated carbocycles. The Hall–Kier alpha value is -1.84. The number of rotatable bonds is 4. The minimum absolute atomic E-state index is 0.0709. The van der Waals surface area contributed by atoms with E-state index in [1.165, 1.54) is 0 Å². The van der Waals surface area contributed by atoms with Crippen molar-refractivity contribution in [2.75, 3.05) is 5.32 Å². The van der Waals surface area contributed by atoms with Crippen LogP contribution in [0.3, 0.4) is 0 Å². The number of H-pyrrole nitrogens is 1. The highest BCUT2D eigenvalue weighted by atomic mass is 16.1. The Labute approximate surface area is 100 Å². The standard InChI is InChI=1S/C13H17N3O/c1-9(2)3-6-13(17)15-11-4-5-12-10(7-11)8-14-16-12/h4-5,7-9H,3,6H2,1-2H3,(H,14,16)(H,15,17). The van der Waals surface area contributed by atoms with Gasteiger partial charge in [0, 0.05) is 17.5 Å². The van der Waals surface area contributed by atoms with Crippen LogP contribution in [0.15, 0.2) is 24.4 Å². The summed E-state index contributed by atoms with van der Waals surface area (Å²) >= 11 is 0. The Morgan fingerprint density at radius 2 is 2.29 bits per heavy atom. The molecule has 1 aromatic carbocycles. The average molecular weight is 231 g/mol. The van der Waals surface area contributed by atoms with Gasteiger partial charge in [-0.1, -0.05) is 13.8 Å². The summed E-state index contributed by atoms with van der Waals surface area (Å²) in [4.78, 5) is 11.7. The molecule has 0 aliphatic carbocycles. The number of anilines is 1. The van der Waals surface area contributed by atoms with Gasteiger partial charge in [0.15, 0.2) is 0 Å². The fraction of sp³-hybridized carbons (Fsp3) is 0.385. The minimum atomic E-state index is 0.0709. The molecule has 0 unspecified atom stereocenters. The van der Waals surface area contributed by atoms with Crippen molar-refractivity contribution in [2.45, 2.75) is 26.7 Å². The zero-order valence-electron chi connectivity index (χ0n) is 10.2. The number of nitrogens with one attached hydrogen (secondary N) is 2. The van der Waals surface area contributed by atoms with Crippen LogP contribution in [0.5, 0.6) is 0 Å². The maximum Gasteiger partial charge on any atom is 0.224 e. The van der Waals surface area contributed by atoms with Gasteiger partial charge in [-0.3, -0.25) is 9.89 Å². The van der Waals surface area contributed by atoms with Crippen molar-refractivity contribution in [3.63, 3.8) is 0 Å². The van der Waals surface area contributed by atoms with E-state index in [1.54, 1.807) is 6.20 Å². The Balaban J connectivity index is 2.00. The largest absolute Gasteiger partial charge is 0.326 e. The number of benzene rings is 1. The van der Waals surface area contributed by atoms with Gasteiger partial charge >= 0.3 is 0 Å². The van der Waals surface area contributed by atoms with Crippen molar-refractivity contribution in [1.29, 1.82) is 0 Å². The smallest absolute Gasteiger partial charge is 0.224 e. The number of aromatic amines is 1. The first-order valence-electron chi connectivity index (χ1n) is 5.88. The Kier molecular flexibility index (Phi) is 3.42. The van der Waals surface area contributed by atoms with Crippen LogP contribution in [0.1, 0.15) is 26.7 Å². The number of hydrogen-bond acceptors (Lipinski definition) is 2. The molecule has 0 bridgehead atoms. The number of aromatic nitrogens is 2. The highest BCUT2D eigenvalue weighted by Crippen LogP contribution is 2.17. The van der Waals surface area contributed by atoms with Crippen molar-refractivity contribution in [2.24, 2.45) is 5.92 Å². The predicted octanol–water partition coefficient (Wildman–Crippen LogP) is 2.94. The molecule has 90 valence electrons. The maximum absolute atomic E-state index is 11.7. The van der Waals surface area contributed by atoms with Crippen molar-refractivity contribution in [3.05, 3.63) is 24.4 Å². The van der Waals surface area contributed by atoms with Gasteiger partial charge in [-0.25, -0.2) is 0 Å². The molecule has 0 spiro atoms. The number of carbonyl (C=O) groups is 1. The summed E-state index contributed by atoms with van der Waals surface area (Å²) in [7, 11) is 0. The van der Waals surface area contributed by atoms with Gasteiger partial charge < -0.3 is 5.32 Å². The second-order valence-corrected chi connectivity index (χ2v) is 4.65. The third-order valence-corrected chi connectivity index (χ3v) is 2.67. The van der Waals surface area contributed by atoms with Crippen molar-refractivity contribution in [3.8, 4) is 0 Å². The van der Waals surface area contributed by atoms with Crippen molar-refractivity contribution >= 4 is 22.5 Å². The number of hydrogen-bond donors (Lipinski definition) is 2. The van der Waals surface area contributed by atoms with E-state index >= 15 is 0 Å². The van der Waals surface area contributed by atoms with Gasteiger partial charge in [-0.15, -0.1) is 0 Å². The van der Waals surface area contributed by atoms with Gasteiger partial charge in [0.2, 0.25) is 5.91 Å². The number of carbonyl (C=O) groups excluding carboxylic acids is 1. The van der Waals surface area contributed by atoms with Crippen molar-refractivity contribution < 1.29 is 4.79 Å². The molecule has 2 rings (SSSR count). The van der Waals surface area contributed by atoms with Crippen LogP contribution in [0.25, 0.3) is 10.9 Å². The molecule has 1 heterocycles. The molecule has 0 fully saturated rings. The minimum Gasteiger partial charge on any atom is -0.326 e. The van der Waals surface area contributed by atoms with E-state index < -0.39 is 0 Å². The number of amides is 1. The summed E-state index contributed by atoms with van der Waals surface area (Å²) in [5.74, 6) is 0.624. The summed E-state index contributed by atoms with van der Waals surface area (Å²) in [5, 5.41) is 10.7. The lowest BCUT2D eigenvalue weighted by Gasteiger charge is -2.06. The summed E-state index contributed by atoms with van der Waals surface area (Å²) < 4.78 is 0. The highest BCUT2D eigenvalue weighted by molar-refractivity contribution is 5.93. The van der Waals surface area contributed by atoms with E-state index in [2.05, 4.69) is 29.4 Å². The third-order valence-electron chi connectivity index (χ3n) is 2.67. The van der Waals surface area contributed by atoms with Crippen LogP contribution in [-0.2, 0) is 4.79 Å². The quantitative estimate of drug-likeness (QED) is 0.850. The van der Waals surface area contributed by atoms with Crippen LogP contribution >= 0.6 is 0 Å². The zero-order valence-corrected chi connectivity index (χ0v) is 10.2. The number of fused-ring (bicyclic) bond motifs is 1. The summed E-state index contributed by atoms with van der Waals surface area (Å²) in [6.45, 7) is 4.23. The molecule has 0 aliphatic rings. The maximum atomic E-state index is 11.7. The second kappa shape index (κ2) is 4.99. The molecule has 0 saturated heterocycles. The van der Waals surface area contributed by atoms with Gasteiger partial charge in [0.1, 0.15) is 0 Å². The molecule has 2 aromatic rings. The molecule has 4 nitrogen and oxygen atoms in total. The first-order valence-corrected chi connectivity index (χ1v) is 5.88. The molecule has 2 N–H and O–H groups in total. The molecule has 1 aromatic heterocycles. The van der Waals surface area contributed by atoms with Crippen molar-refractivity contribution in [1.82, 2.24) is 10.2 Å². The van der Waals surface area contributed by atoms with Gasteiger partial charge in [0.05, 0.1) is 11.7 Å². The molecular weight excluding hydrogens is 214 g/mol. The Bertz CT molecular complexity index is 516. The molecule has 0 atom stereocenters.